The first-order valence-corrected chi connectivity index (χ1v) is 7.86. The van der Waals surface area contributed by atoms with Gasteiger partial charge in [0.2, 0.25) is 8.32 Å². The minimum atomic E-state index is -1.81. The largest absolute Gasteiger partial charge is 0.491 e. The van der Waals surface area contributed by atoms with Crippen molar-refractivity contribution in [3.05, 3.63) is 12.3 Å². The number of carbonyl (C=O) groups excluding carboxylic acids is 1. The summed E-state index contributed by atoms with van der Waals surface area (Å²) in [4.78, 5) is 10.8. The van der Waals surface area contributed by atoms with Crippen molar-refractivity contribution in [3.63, 3.8) is 0 Å². The molecular weight excluding hydrogens is 196 g/mol. The fourth-order valence-corrected chi connectivity index (χ4v) is 2.90. The van der Waals surface area contributed by atoms with Gasteiger partial charge >= 0.3 is 0 Å². The number of hydrogen-bond donors (Lipinski definition) is 0. The van der Waals surface area contributed by atoms with Gasteiger partial charge in [0.15, 0.2) is 11.5 Å². The standard InChI is InChI=1S/C10H20O3Si/c1-8(2)13-14(5,6)7-12-10(4)9(3)11/h8H,4,7H2,1-3,5-6H3. The lowest BCUT2D eigenvalue weighted by atomic mass is 10.4. The highest BCUT2D eigenvalue weighted by Gasteiger charge is 2.25. The van der Waals surface area contributed by atoms with E-state index in [9.17, 15) is 4.79 Å². The summed E-state index contributed by atoms with van der Waals surface area (Å²) in [6.45, 7) is 13.1. The van der Waals surface area contributed by atoms with E-state index in [1.807, 2.05) is 13.8 Å². The van der Waals surface area contributed by atoms with Gasteiger partial charge in [0.25, 0.3) is 0 Å². The summed E-state index contributed by atoms with van der Waals surface area (Å²) in [7, 11) is -1.81. The molecule has 14 heavy (non-hydrogen) atoms. The van der Waals surface area contributed by atoms with Gasteiger partial charge in [-0.2, -0.15) is 0 Å². The Morgan fingerprint density at radius 1 is 1.43 bits per heavy atom. The van der Waals surface area contributed by atoms with Gasteiger partial charge in [-0.05, 0) is 26.9 Å². The molecule has 0 fully saturated rings. The van der Waals surface area contributed by atoms with Crippen LogP contribution in [0.4, 0.5) is 0 Å². The molecule has 0 aromatic heterocycles. The van der Waals surface area contributed by atoms with E-state index in [1.54, 1.807) is 0 Å². The third-order valence-electron chi connectivity index (χ3n) is 1.54. The maximum absolute atomic E-state index is 10.8. The van der Waals surface area contributed by atoms with Crippen molar-refractivity contribution >= 4 is 14.1 Å². The first-order valence-electron chi connectivity index (χ1n) is 4.75. The van der Waals surface area contributed by atoms with Crippen LogP contribution in [0.1, 0.15) is 20.8 Å². The van der Waals surface area contributed by atoms with Gasteiger partial charge in [0.05, 0.1) is 0 Å². The molecule has 0 heterocycles. The summed E-state index contributed by atoms with van der Waals surface area (Å²) in [5.41, 5.74) is 0. The van der Waals surface area contributed by atoms with E-state index in [0.717, 1.165) is 0 Å². The molecule has 0 aliphatic heterocycles. The molecule has 0 aromatic carbocycles. The van der Waals surface area contributed by atoms with Crippen LogP contribution in [0.3, 0.4) is 0 Å². The van der Waals surface area contributed by atoms with Crippen molar-refractivity contribution in [3.8, 4) is 0 Å². The van der Waals surface area contributed by atoms with Gasteiger partial charge in [-0.1, -0.05) is 6.58 Å². The van der Waals surface area contributed by atoms with E-state index < -0.39 is 8.32 Å². The van der Waals surface area contributed by atoms with Gasteiger partial charge in [-0.3, -0.25) is 4.79 Å². The van der Waals surface area contributed by atoms with Crippen molar-refractivity contribution < 1.29 is 14.0 Å². The Morgan fingerprint density at radius 2 is 1.93 bits per heavy atom. The Hall–Kier alpha value is -0.613. The predicted molar refractivity (Wildman–Crippen MR) is 59.5 cm³/mol. The lowest BCUT2D eigenvalue weighted by molar-refractivity contribution is -0.116. The van der Waals surface area contributed by atoms with Crippen molar-refractivity contribution in [2.45, 2.75) is 40.0 Å². The maximum Gasteiger partial charge on any atom is 0.225 e. The highest BCUT2D eigenvalue weighted by atomic mass is 28.4. The van der Waals surface area contributed by atoms with Crippen LogP contribution in [0.5, 0.6) is 0 Å². The number of allylic oxidation sites excluding steroid dienone is 1. The monoisotopic (exact) mass is 216 g/mol. The second kappa shape index (κ2) is 5.31. The molecule has 0 unspecified atom stereocenters. The fourth-order valence-electron chi connectivity index (χ4n) is 1.03. The van der Waals surface area contributed by atoms with Crippen LogP contribution in [-0.2, 0) is 14.0 Å². The molecular formula is C10H20O3Si. The second-order valence-electron chi connectivity index (χ2n) is 4.19. The van der Waals surface area contributed by atoms with Crippen LogP contribution in [0.2, 0.25) is 13.1 Å². The molecule has 3 nitrogen and oxygen atoms in total. The van der Waals surface area contributed by atoms with Crippen molar-refractivity contribution in [2.24, 2.45) is 0 Å². The molecule has 82 valence electrons. The van der Waals surface area contributed by atoms with Crippen LogP contribution >= 0.6 is 0 Å². The molecule has 0 aliphatic carbocycles. The van der Waals surface area contributed by atoms with Crippen LogP contribution < -0.4 is 0 Å². The van der Waals surface area contributed by atoms with Crippen LogP contribution in [-0.4, -0.2) is 26.4 Å². The van der Waals surface area contributed by atoms with E-state index >= 15 is 0 Å². The van der Waals surface area contributed by atoms with Crippen molar-refractivity contribution in [1.82, 2.24) is 0 Å². The molecule has 4 heteroatoms. The van der Waals surface area contributed by atoms with E-state index in [4.69, 9.17) is 9.16 Å². The quantitative estimate of drug-likeness (QED) is 0.388. The molecule has 0 radical (unpaired) electrons. The average Bonchev–Trinajstić information content (AvgIpc) is 1.97. The van der Waals surface area contributed by atoms with Crippen LogP contribution in [0.25, 0.3) is 0 Å². The number of carbonyl (C=O) groups is 1. The Bertz CT molecular complexity index is 221. The molecule has 0 N–H and O–H groups in total. The average molecular weight is 216 g/mol. The Morgan fingerprint density at radius 3 is 2.29 bits per heavy atom. The lowest BCUT2D eigenvalue weighted by Gasteiger charge is -2.25. The molecule has 0 spiro atoms. The Balaban J connectivity index is 3.98. The molecule has 0 aromatic rings. The molecule has 0 rings (SSSR count). The lowest BCUT2D eigenvalue weighted by Crippen LogP contribution is -2.39. The SMILES string of the molecule is C=C(OC[Si](C)(C)OC(C)C)C(C)=O. The first kappa shape index (κ1) is 13.4. The van der Waals surface area contributed by atoms with E-state index in [1.165, 1.54) is 6.92 Å². The minimum Gasteiger partial charge on any atom is -0.491 e. The summed E-state index contributed by atoms with van der Waals surface area (Å²) in [5.74, 6) is 0.0947. The number of rotatable bonds is 6. The van der Waals surface area contributed by atoms with Gasteiger partial charge in [-0.15, -0.1) is 0 Å². The Kier molecular flexibility index (Phi) is 5.08. The third kappa shape index (κ3) is 5.94. The van der Waals surface area contributed by atoms with Gasteiger partial charge in [-0.25, -0.2) is 0 Å². The molecule has 0 amide bonds. The number of hydrogen-bond acceptors (Lipinski definition) is 3. The fraction of sp³-hybridized carbons (Fsp3) is 0.700. The van der Waals surface area contributed by atoms with Crippen molar-refractivity contribution in [1.29, 1.82) is 0 Å². The second-order valence-corrected chi connectivity index (χ2v) is 8.24. The van der Waals surface area contributed by atoms with E-state index in [2.05, 4.69) is 19.7 Å². The topological polar surface area (TPSA) is 35.5 Å². The molecule has 0 aliphatic rings. The van der Waals surface area contributed by atoms with Crippen LogP contribution in [0.15, 0.2) is 12.3 Å². The van der Waals surface area contributed by atoms with Gasteiger partial charge in [0, 0.05) is 13.0 Å². The summed E-state index contributed by atoms with van der Waals surface area (Å²) < 4.78 is 11.0. The number of Topliss-reactive ketones (excluding diaryl/α,β-unsaturated/α-hetero) is 1. The maximum atomic E-state index is 10.8. The predicted octanol–water partition coefficient (Wildman–Crippen LogP) is 2.28. The molecule has 0 saturated heterocycles. The van der Waals surface area contributed by atoms with Gasteiger partial charge < -0.3 is 9.16 Å². The summed E-state index contributed by atoms with van der Waals surface area (Å²) >= 11 is 0. The molecule has 0 saturated carbocycles. The summed E-state index contributed by atoms with van der Waals surface area (Å²) in [6.07, 6.45) is 0.676. The molecule has 0 atom stereocenters. The third-order valence-corrected chi connectivity index (χ3v) is 3.49. The zero-order valence-electron chi connectivity index (χ0n) is 9.72. The van der Waals surface area contributed by atoms with Crippen molar-refractivity contribution in [2.75, 3.05) is 6.23 Å². The summed E-state index contributed by atoms with van der Waals surface area (Å²) in [6, 6.07) is 0. The van der Waals surface area contributed by atoms with E-state index in [-0.39, 0.29) is 17.6 Å². The highest BCUT2D eigenvalue weighted by molar-refractivity contribution is 6.71. The molecule has 0 bridgehead atoms. The minimum absolute atomic E-state index is 0.126. The number of ketones is 1. The number of ether oxygens (including phenoxy) is 1. The highest BCUT2D eigenvalue weighted by Crippen LogP contribution is 2.10. The van der Waals surface area contributed by atoms with Crippen LogP contribution in [0, 0.1) is 0 Å². The van der Waals surface area contributed by atoms with Gasteiger partial charge in [0.1, 0.15) is 6.23 Å². The normalized spacial score (nSPS) is 11.6. The first-order chi connectivity index (χ1) is 6.24. The summed E-state index contributed by atoms with van der Waals surface area (Å²) in [5, 5.41) is 0. The zero-order valence-corrected chi connectivity index (χ0v) is 10.7. The zero-order chi connectivity index (χ0) is 11.4. The Labute approximate surface area is 87.2 Å². The smallest absolute Gasteiger partial charge is 0.225 e. The van der Waals surface area contributed by atoms with E-state index in [0.29, 0.717) is 6.23 Å².